The lowest BCUT2D eigenvalue weighted by atomic mass is 10.8. The van der Waals surface area contributed by atoms with Crippen molar-refractivity contribution in [2.75, 3.05) is 11.5 Å². The molecule has 4 heteroatoms. The molecule has 0 spiro atoms. The van der Waals surface area contributed by atoms with E-state index in [1.807, 2.05) is 6.08 Å². The van der Waals surface area contributed by atoms with Gasteiger partial charge in [0.1, 0.15) is 0 Å². The lowest BCUT2D eigenvalue weighted by molar-refractivity contribution is 1.38. The molecule has 0 saturated heterocycles. The summed E-state index contributed by atoms with van der Waals surface area (Å²) in [5.41, 5.74) is 5.42. The molecule has 0 fully saturated rings. The minimum absolute atomic E-state index is 0.631. The molecule has 0 amide bonds. The van der Waals surface area contributed by atoms with Crippen molar-refractivity contribution in [1.82, 2.24) is 4.98 Å². The number of aromatic nitrogens is 1. The van der Waals surface area contributed by atoms with E-state index >= 15 is 0 Å². The van der Waals surface area contributed by atoms with Crippen LogP contribution in [0.25, 0.3) is 0 Å². The molecular weight excluding hydrogens is 164 g/mol. The van der Waals surface area contributed by atoms with Gasteiger partial charge in [-0.3, -0.25) is 0 Å². The van der Waals surface area contributed by atoms with E-state index in [2.05, 4.69) is 11.6 Å². The number of hydrogen-bond donors (Lipinski definition) is 1. The lowest BCUT2D eigenvalue weighted by Gasteiger charge is -1.86. The van der Waals surface area contributed by atoms with Crippen molar-refractivity contribution in [3.63, 3.8) is 0 Å². The third kappa shape index (κ3) is 2.04. The molecule has 1 aromatic heterocycles. The Bertz CT molecular complexity index is 219. The van der Waals surface area contributed by atoms with Gasteiger partial charge in [-0.1, -0.05) is 17.4 Å². The van der Waals surface area contributed by atoms with Gasteiger partial charge in [-0.25, -0.2) is 4.98 Å². The van der Waals surface area contributed by atoms with Crippen LogP contribution in [0.2, 0.25) is 0 Å². The zero-order valence-corrected chi connectivity index (χ0v) is 7.04. The number of nitrogen functional groups attached to an aromatic ring is 1. The summed E-state index contributed by atoms with van der Waals surface area (Å²) in [6.45, 7) is 3.61. The third-order valence-electron chi connectivity index (χ3n) is 0.846. The van der Waals surface area contributed by atoms with E-state index in [0.29, 0.717) is 5.13 Å². The highest BCUT2D eigenvalue weighted by molar-refractivity contribution is 8.01. The van der Waals surface area contributed by atoms with Crippen LogP contribution in [0.15, 0.2) is 23.1 Å². The Hall–Kier alpha value is -0.480. The number of nitrogens with zero attached hydrogens (tertiary/aromatic N) is 1. The van der Waals surface area contributed by atoms with Gasteiger partial charge in [0.2, 0.25) is 0 Å². The van der Waals surface area contributed by atoms with Gasteiger partial charge < -0.3 is 5.73 Å². The van der Waals surface area contributed by atoms with E-state index in [1.54, 1.807) is 18.0 Å². The van der Waals surface area contributed by atoms with Crippen molar-refractivity contribution in [3.05, 3.63) is 18.9 Å². The fourth-order valence-electron chi connectivity index (χ4n) is 0.480. The minimum Gasteiger partial charge on any atom is -0.375 e. The molecule has 2 N–H and O–H groups in total. The summed E-state index contributed by atoms with van der Waals surface area (Å²) in [6.07, 6.45) is 3.65. The number of hydrogen-bond acceptors (Lipinski definition) is 4. The van der Waals surface area contributed by atoms with Gasteiger partial charge >= 0.3 is 0 Å². The summed E-state index contributed by atoms with van der Waals surface area (Å²) >= 11 is 3.21. The number of nitrogens with two attached hydrogens (primary N) is 1. The summed E-state index contributed by atoms with van der Waals surface area (Å²) in [7, 11) is 0. The number of thioether (sulfide) groups is 1. The first kappa shape index (κ1) is 7.63. The normalized spacial score (nSPS) is 9.60. The quantitative estimate of drug-likeness (QED) is 0.560. The number of anilines is 1. The van der Waals surface area contributed by atoms with E-state index in [1.165, 1.54) is 11.3 Å². The molecule has 2 nitrogen and oxygen atoms in total. The molecule has 54 valence electrons. The Balaban J connectivity index is 2.49. The maximum atomic E-state index is 5.42. The Morgan fingerprint density at radius 1 is 1.90 bits per heavy atom. The predicted molar refractivity (Wildman–Crippen MR) is 47.4 cm³/mol. The van der Waals surface area contributed by atoms with Crippen LogP contribution in [-0.4, -0.2) is 10.7 Å². The lowest BCUT2D eigenvalue weighted by Crippen LogP contribution is -1.77. The molecule has 0 aromatic carbocycles. The van der Waals surface area contributed by atoms with Gasteiger partial charge in [-0.05, 0) is 0 Å². The van der Waals surface area contributed by atoms with Gasteiger partial charge in [0.25, 0.3) is 0 Å². The van der Waals surface area contributed by atoms with Gasteiger partial charge in [0.15, 0.2) is 5.13 Å². The molecule has 1 aromatic rings. The van der Waals surface area contributed by atoms with E-state index in [-0.39, 0.29) is 0 Å². The monoisotopic (exact) mass is 172 g/mol. The minimum atomic E-state index is 0.631. The average molecular weight is 172 g/mol. The standard InChI is InChI=1S/C6H8N2S2/c1-2-3-9-5-4-8-6(7)10-5/h2,4H,1,3H2,(H2,7,8). The summed E-state index contributed by atoms with van der Waals surface area (Å²) in [5.74, 6) is 0.918. The molecule has 0 unspecified atom stereocenters. The van der Waals surface area contributed by atoms with E-state index in [0.717, 1.165) is 9.96 Å². The van der Waals surface area contributed by atoms with Crippen LogP contribution in [0.1, 0.15) is 0 Å². The molecule has 0 aliphatic rings. The highest BCUT2D eigenvalue weighted by Gasteiger charge is 1.95. The Morgan fingerprint density at radius 2 is 2.70 bits per heavy atom. The van der Waals surface area contributed by atoms with Gasteiger partial charge in [-0.2, -0.15) is 0 Å². The molecule has 0 radical (unpaired) electrons. The van der Waals surface area contributed by atoms with Crippen LogP contribution in [0, 0.1) is 0 Å². The highest BCUT2D eigenvalue weighted by atomic mass is 32.2. The van der Waals surface area contributed by atoms with Crippen LogP contribution >= 0.6 is 23.1 Å². The first-order valence-electron chi connectivity index (χ1n) is 2.78. The summed E-state index contributed by atoms with van der Waals surface area (Å²) < 4.78 is 1.15. The van der Waals surface area contributed by atoms with Crippen molar-refractivity contribution in [1.29, 1.82) is 0 Å². The van der Waals surface area contributed by atoms with Crippen LogP contribution in [-0.2, 0) is 0 Å². The molecule has 0 atom stereocenters. The maximum absolute atomic E-state index is 5.42. The fraction of sp³-hybridized carbons (Fsp3) is 0.167. The van der Waals surface area contributed by atoms with Crippen LogP contribution in [0.5, 0.6) is 0 Å². The molecule has 10 heavy (non-hydrogen) atoms. The largest absolute Gasteiger partial charge is 0.375 e. The van der Waals surface area contributed by atoms with E-state index in [4.69, 9.17) is 5.73 Å². The topological polar surface area (TPSA) is 38.9 Å². The summed E-state index contributed by atoms with van der Waals surface area (Å²) in [6, 6.07) is 0. The smallest absolute Gasteiger partial charge is 0.181 e. The van der Waals surface area contributed by atoms with E-state index < -0.39 is 0 Å². The van der Waals surface area contributed by atoms with Crippen molar-refractivity contribution >= 4 is 28.2 Å². The number of rotatable bonds is 3. The number of thiazole rings is 1. The molecule has 0 aliphatic carbocycles. The van der Waals surface area contributed by atoms with Gasteiger partial charge in [-0.15, -0.1) is 18.3 Å². The molecule has 1 heterocycles. The second-order valence-corrected chi connectivity index (χ2v) is 4.00. The summed E-state index contributed by atoms with van der Waals surface area (Å²) in [5, 5.41) is 0.631. The molecule has 0 saturated carbocycles. The van der Waals surface area contributed by atoms with Gasteiger partial charge in [0.05, 0.1) is 10.4 Å². The Kier molecular flexibility index (Phi) is 2.77. The fourth-order valence-corrected chi connectivity index (χ4v) is 2.00. The van der Waals surface area contributed by atoms with Crippen LogP contribution in [0.3, 0.4) is 0 Å². The van der Waals surface area contributed by atoms with Crippen molar-refractivity contribution in [2.24, 2.45) is 0 Å². The van der Waals surface area contributed by atoms with Crippen LogP contribution < -0.4 is 5.73 Å². The molecule has 0 bridgehead atoms. The second-order valence-electron chi connectivity index (χ2n) is 1.62. The van der Waals surface area contributed by atoms with Crippen molar-refractivity contribution in [3.8, 4) is 0 Å². The van der Waals surface area contributed by atoms with Crippen molar-refractivity contribution in [2.45, 2.75) is 4.21 Å². The molecule has 0 aliphatic heterocycles. The highest BCUT2D eigenvalue weighted by Crippen LogP contribution is 2.25. The zero-order valence-electron chi connectivity index (χ0n) is 5.41. The summed E-state index contributed by atoms with van der Waals surface area (Å²) in [4.78, 5) is 3.91. The van der Waals surface area contributed by atoms with E-state index in [9.17, 15) is 0 Å². The zero-order chi connectivity index (χ0) is 7.40. The van der Waals surface area contributed by atoms with Crippen LogP contribution in [0.4, 0.5) is 5.13 Å². The molecule has 1 rings (SSSR count). The third-order valence-corrected chi connectivity index (χ3v) is 2.86. The Labute approximate surface area is 68.2 Å². The second kappa shape index (κ2) is 3.63. The predicted octanol–water partition coefficient (Wildman–Crippen LogP) is 2.00. The van der Waals surface area contributed by atoms with Gasteiger partial charge in [0, 0.05) is 5.75 Å². The maximum Gasteiger partial charge on any atom is 0.181 e. The first-order valence-corrected chi connectivity index (χ1v) is 4.58. The van der Waals surface area contributed by atoms with Crippen molar-refractivity contribution < 1.29 is 0 Å². The average Bonchev–Trinajstić information content (AvgIpc) is 2.31. The molecular formula is C6H8N2S2. The first-order chi connectivity index (χ1) is 4.83. The SMILES string of the molecule is C=CCSc1cnc(N)s1. The Morgan fingerprint density at radius 3 is 3.20 bits per heavy atom.